The van der Waals surface area contributed by atoms with E-state index in [1.807, 2.05) is 0 Å². The van der Waals surface area contributed by atoms with Crippen molar-refractivity contribution in [2.75, 3.05) is 19.0 Å². The zero-order valence-electron chi connectivity index (χ0n) is 7.43. The lowest BCUT2D eigenvalue weighted by Gasteiger charge is -2.07. The first-order chi connectivity index (χ1) is 6.63. The number of nitrogens with one attached hydrogen (secondary N) is 1. The van der Waals surface area contributed by atoms with Crippen LogP contribution >= 0.6 is 11.6 Å². The van der Waals surface area contributed by atoms with Crippen LogP contribution < -0.4 is 10.1 Å². The molecule has 6 heteroatoms. The maximum atomic E-state index is 11.8. The molecule has 0 saturated heterocycles. The molecule has 1 N–H and O–H groups in total. The van der Waals surface area contributed by atoms with E-state index in [0.29, 0.717) is 5.69 Å². The molecule has 1 aromatic rings. The Kier molecular flexibility index (Phi) is 3.88. The standard InChI is InChI=1S/C8H9ClF2N2O/c1-12-5-2-6(9)8(13-3-5)14-4-7(10)11/h2-3,7,12H,4H2,1H3. The quantitative estimate of drug-likeness (QED) is 0.850. The first-order valence-corrected chi connectivity index (χ1v) is 4.25. The molecule has 0 aliphatic carbocycles. The van der Waals surface area contributed by atoms with Gasteiger partial charge in [0, 0.05) is 7.05 Å². The van der Waals surface area contributed by atoms with Crippen molar-refractivity contribution in [1.29, 1.82) is 0 Å². The number of halogens is 3. The lowest BCUT2D eigenvalue weighted by atomic mass is 10.4. The van der Waals surface area contributed by atoms with Crippen LogP contribution in [0.2, 0.25) is 5.02 Å². The SMILES string of the molecule is CNc1cnc(OCC(F)F)c(Cl)c1. The number of anilines is 1. The number of pyridine rings is 1. The van der Waals surface area contributed by atoms with Crippen LogP contribution in [0.15, 0.2) is 12.3 Å². The minimum absolute atomic E-state index is 0.0194. The highest BCUT2D eigenvalue weighted by atomic mass is 35.5. The van der Waals surface area contributed by atoms with Crippen molar-refractivity contribution in [3.8, 4) is 5.88 Å². The molecule has 0 aliphatic rings. The van der Waals surface area contributed by atoms with Gasteiger partial charge in [0.1, 0.15) is 5.02 Å². The molecule has 1 aromatic heterocycles. The van der Waals surface area contributed by atoms with E-state index in [1.165, 1.54) is 6.20 Å². The monoisotopic (exact) mass is 222 g/mol. The smallest absolute Gasteiger partial charge is 0.272 e. The predicted molar refractivity (Wildman–Crippen MR) is 50.3 cm³/mol. The molecule has 0 atom stereocenters. The van der Waals surface area contributed by atoms with Crippen molar-refractivity contribution in [2.24, 2.45) is 0 Å². The van der Waals surface area contributed by atoms with E-state index in [2.05, 4.69) is 15.0 Å². The Bertz CT molecular complexity index is 309. The largest absolute Gasteiger partial charge is 0.471 e. The van der Waals surface area contributed by atoms with Crippen LogP contribution in [0.3, 0.4) is 0 Å². The van der Waals surface area contributed by atoms with E-state index in [-0.39, 0.29) is 10.9 Å². The van der Waals surface area contributed by atoms with E-state index in [0.717, 1.165) is 0 Å². The number of nitrogens with zero attached hydrogens (tertiary/aromatic N) is 1. The molecule has 3 nitrogen and oxygen atoms in total. The maximum Gasteiger partial charge on any atom is 0.272 e. The van der Waals surface area contributed by atoms with Crippen LogP contribution in [-0.4, -0.2) is 25.1 Å². The second-order valence-electron chi connectivity index (χ2n) is 2.46. The molecule has 0 aromatic carbocycles. The number of rotatable bonds is 4. The van der Waals surface area contributed by atoms with Gasteiger partial charge in [-0.3, -0.25) is 0 Å². The summed E-state index contributed by atoms with van der Waals surface area (Å²) >= 11 is 5.72. The summed E-state index contributed by atoms with van der Waals surface area (Å²) in [6.07, 6.45) is -1.08. The van der Waals surface area contributed by atoms with Gasteiger partial charge in [0.05, 0.1) is 11.9 Å². The number of alkyl halides is 2. The maximum absolute atomic E-state index is 11.8. The van der Waals surface area contributed by atoms with Gasteiger partial charge in [-0.15, -0.1) is 0 Å². The Labute approximate surface area is 85.0 Å². The molecule has 0 aliphatic heterocycles. The summed E-state index contributed by atoms with van der Waals surface area (Å²) in [6, 6.07) is 1.55. The molecule has 0 amide bonds. The molecule has 0 fully saturated rings. The molecule has 14 heavy (non-hydrogen) atoms. The summed E-state index contributed by atoms with van der Waals surface area (Å²) in [6.45, 7) is -0.703. The molecule has 78 valence electrons. The van der Waals surface area contributed by atoms with E-state index in [1.54, 1.807) is 13.1 Å². The number of hydrogen-bond donors (Lipinski definition) is 1. The van der Waals surface area contributed by atoms with Gasteiger partial charge < -0.3 is 10.1 Å². The van der Waals surface area contributed by atoms with Crippen molar-refractivity contribution in [3.05, 3.63) is 17.3 Å². The topological polar surface area (TPSA) is 34.2 Å². The number of aromatic nitrogens is 1. The van der Waals surface area contributed by atoms with Gasteiger partial charge in [-0.05, 0) is 6.07 Å². The first-order valence-electron chi connectivity index (χ1n) is 3.87. The summed E-state index contributed by atoms with van der Waals surface area (Å²) in [5.74, 6) is 0.0194. The summed E-state index contributed by atoms with van der Waals surface area (Å²) < 4.78 is 28.3. The van der Waals surface area contributed by atoms with Gasteiger partial charge in [0.25, 0.3) is 6.43 Å². The second kappa shape index (κ2) is 4.95. The summed E-state index contributed by atoms with van der Waals surface area (Å²) in [5.41, 5.74) is 0.694. The average molecular weight is 223 g/mol. The minimum atomic E-state index is -2.53. The van der Waals surface area contributed by atoms with Crippen molar-refractivity contribution in [3.63, 3.8) is 0 Å². The van der Waals surface area contributed by atoms with Crippen molar-refractivity contribution >= 4 is 17.3 Å². The Morgan fingerprint density at radius 1 is 1.64 bits per heavy atom. The molecule has 0 radical (unpaired) electrons. The zero-order chi connectivity index (χ0) is 10.6. The molecular formula is C8H9ClF2N2O. The lowest BCUT2D eigenvalue weighted by molar-refractivity contribution is 0.0797. The normalized spacial score (nSPS) is 10.4. The van der Waals surface area contributed by atoms with Crippen LogP contribution in [0.4, 0.5) is 14.5 Å². The summed E-state index contributed by atoms with van der Waals surface area (Å²) in [7, 11) is 1.70. The van der Waals surface area contributed by atoms with Crippen LogP contribution in [0.1, 0.15) is 0 Å². The molecule has 0 bridgehead atoms. The van der Waals surface area contributed by atoms with Gasteiger partial charge in [-0.25, -0.2) is 13.8 Å². The van der Waals surface area contributed by atoms with E-state index < -0.39 is 13.0 Å². The van der Waals surface area contributed by atoms with E-state index >= 15 is 0 Å². The summed E-state index contributed by atoms with van der Waals surface area (Å²) in [4.78, 5) is 3.77. The van der Waals surface area contributed by atoms with E-state index in [4.69, 9.17) is 11.6 Å². The Morgan fingerprint density at radius 2 is 2.36 bits per heavy atom. The number of ether oxygens (including phenoxy) is 1. The van der Waals surface area contributed by atoms with Crippen molar-refractivity contribution in [1.82, 2.24) is 4.98 Å². The highest BCUT2D eigenvalue weighted by Crippen LogP contribution is 2.24. The molecule has 0 saturated carbocycles. The Balaban J connectivity index is 2.69. The third kappa shape index (κ3) is 2.99. The number of hydrogen-bond acceptors (Lipinski definition) is 3. The van der Waals surface area contributed by atoms with Gasteiger partial charge in [-0.2, -0.15) is 0 Å². The Morgan fingerprint density at radius 3 is 2.86 bits per heavy atom. The molecule has 0 unspecified atom stereocenters. The highest BCUT2D eigenvalue weighted by Gasteiger charge is 2.08. The van der Waals surface area contributed by atoms with Crippen LogP contribution in [0.25, 0.3) is 0 Å². The van der Waals surface area contributed by atoms with E-state index in [9.17, 15) is 8.78 Å². The van der Waals surface area contributed by atoms with Crippen LogP contribution in [0.5, 0.6) is 5.88 Å². The minimum Gasteiger partial charge on any atom is -0.471 e. The van der Waals surface area contributed by atoms with Gasteiger partial charge in [0.2, 0.25) is 5.88 Å². The fraction of sp³-hybridized carbons (Fsp3) is 0.375. The average Bonchev–Trinajstić information content (AvgIpc) is 2.15. The fourth-order valence-electron chi connectivity index (χ4n) is 0.810. The van der Waals surface area contributed by atoms with Crippen LogP contribution in [0, 0.1) is 0 Å². The van der Waals surface area contributed by atoms with Crippen LogP contribution in [-0.2, 0) is 0 Å². The second-order valence-corrected chi connectivity index (χ2v) is 2.87. The lowest BCUT2D eigenvalue weighted by Crippen LogP contribution is -2.08. The fourth-order valence-corrected chi connectivity index (χ4v) is 1.03. The van der Waals surface area contributed by atoms with Gasteiger partial charge in [0.15, 0.2) is 6.61 Å². The van der Waals surface area contributed by atoms with Gasteiger partial charge in [-0.1, -0.05) is 11.6 Å². The molecule has 1 rings (SSSR count). The van der Waals surface area contributed by atoms with Gasteiger partial charge >= 0.3 is 0 Å². The third-order valence-electron chi connectivity index (χ3n) is 1.44. The Hall–Kier alpha value is -1.10. The zero-order valence-corrected chi connectivity index (χ0v) is 8.18. The molecule has 1 heterocycles. The predicted octanol–water partition coefficient (Wildman–Crippen LogP) is 2.42. The third-order valence-corrected chi connectivity index (χ3v) is 1.71. The molecular weight excluding hydrogens is 214 g/mol. The van der Waals surface area contributed by atoms with Crippen molar-refractivity contribution in [2.45, 2.75) is 6.43 Å². The molecule has 0 spiro atoms. The first kappa shape index (κ1) is 11.0. The summed E-state index contributed by atoms with van der Waals surface area (Å²) in [5, 5.41) is 3.02. The van der Waals surface area contributed by atoms with Crippen molar-refractivity contribution < 1.29 is 13.5 Å². The highest BCUT2D eigenvalue weighted by molar-refractivity contribution is 6.32.